The predicted molar refractivity (Wildman–Crippen MR) is 132 cm³/mol. The minimum absolute atomic E-state index is 0.147. The van der Waals surface area contributed by atoms with Crippen LogP contribution < -0.4 is 20.7 Å². The van der Waals surface area contributed by atoms with Gasteiger partial charge >= 0.3 is 0 Å². The van der Waals surface area contributed by atoms with Gasteiger partial charge in [-0.25, -0.2) is 0 Å². The van der Waals surface area contributed by atoms with Crippen LogP contribution in [0.2, 0.25) is 0 Å². The Balaban J connectivity index is 1.44. The van der Waals surface area contributed by atoms with E-state index in [0.29, 0.717) is 31.1 Å². The highest BCUT2D eigenvalue weighted by Gasteiger charge is 2.18. The summed E-state index contributed by atoms with van der Waals surface area (Å²) in [5.41, 5.74) is 3.36. The Morgan fingerprint density at radius 1 is 1.21 bits per heavy atom. The summed E-state index contributed by atoms with van der Waals surface area (Å²) in [6.07, 6.45) is 2.41. The van der Waals surface area contributed by atoms with Gasteiger partial charge in [0.25, 0.3) is 5.91 Å². The molecular formula is C26H32N4O4. The van der Waals surface area contributed by atoms with Crippen molar-refractivity contribution in [1.29, 1.82) is 0 Å². The summed E-state index contributed by atoms with van der Waals surface area (Å²) in [5.74, 6) is 1.30. The first-order chi connectivity index (χ1) is 16.5. The van der Waals surface area contributed by atoms with Crippen LogP contribution in [0.1, 0.15) is 54.9 Å². The van der Waals surface area contributed by atoms with Crippen molar-refractivity contribution in [3.05, 3.63) is 53.6 Å². The summed E-state index contributed by atoms with van der Waals surface area (Å²) in [6.45, 7) is 6.86. The molecule has 4 rings (SSSR count). The Kier molecular flexibility index (Phi) is 7.80. The van der Waals surface area contributed by atoms with Gasteiger partial charge in [0.05, 0.1) is 13.2 Å². The highest BCUT2D eigenvalue weighted by Crippen LogP contribution is 2.30. The van der Waals surface area contributed by atoms with Gasteiger partial charge < -0.3 is 14.8 Å². The summed E-state index contributed by atoms with van der Waals surface area (Å²) < 4.78 is 11.5. The van der Waals surface area contributed by atoms with Crippen LogP contribution in [0.4, 0.5) is 11.4 Å². The standard InChI is InChI=1S/C26H32N4O4/c1-17(2)22-14-19(25(32)30-26-27-11-8-24(31)29-26)6-7-23(22)28-20-4-3-5-21(15-20)34-16-18-9-12-33-13-10-18/h3-7,14-15,17-18,28H,8-13,16H2,1-2H3,(H2,27,29,30,31,32). The molecule has 2 amide bonds. The van der Waals surface area contributed by atoms with Gasteiger partial charge in [0.2, 0.25) is 11.9 Å². The molecule has 2 heterocycles. The second kappa shape index (κ2) is 11.2. The molecule has 8 nitrogen and oxygen atoms in total. The average molecular weight is 465 g/mol. The van der Waals surface area contributed by atoms with Crippen molar-refractivity contribution in [2.45, 2.75) is 39.0 Å². The van der Waals surface area contributed by atoms with Crippen LogP contribution in [0.15, 0.2) is 47.5 Å². The number of carbonyl (C=O) groups excluding carboxylic acids is 2. The van der Waals surface area contributed by atoms with E-state index >= 15 is 0 Å². The van der Waals surface area contributed by atoms with Crippen molar-refractivity contribution in [3.63, 3.8) is 0 Å². The lowest BCUT2D eigenvalue weighted by molar-refractivity contribution is -0.119. The van der Waals surface area contributed by atoms with Crippen molar-refractivity contribution < 1.29 is 19.1 Å². The number of guanidine groups is 1. The second-order valence-electron chi connectivity index (χ2n) is 8.96. The third kappa shape index (κ3) is 6.35. The highest BCUT2D eigenvalue weighted by molar-refractivity contribution is 6.10. The van der Waals surface area contributed by atoms with Gasteiger partial charge in [0.1, 0.15) is 5.75 Å². The van der Waals surface area contributed by atoms with Crippen LogP contribution >= 0.6 is 0 Å². The molecule has 2 aliphatic heterocycles. The summed E-state index contributed by atoms with van der Waals surface area (Å²) in [4.78, 5) is 28.4. The first-order valence-corrected chi connectivity index (χ1v) is 11.8. The highest BCUT2D eigenvalue weighted by atomic mass is 16.5. The number of aliphatic imine (C=N–C) groups is 1. The molecule has 34 heavy (non-hydrogen) atoms. The number of rotatable bonds is 7. The minimum Gasteiger partial charge on any atom is -0.493 e. The van der Waals surface area contributed by atoms with Gasteiger partial charge in [0, 0.05) is 42.6 Å². The second-order valence-corrected chi connectivity index (χ2v) is 8.96. The maximum Gasteiger partial charge on any atom is 0.257 e. The number of hydrogen-bond acceptors (Lipinski definition) is 6. The normalized spacial score (nSPS) is 16.6. The SMILES string of the molecule is CC(C)c1cc(C(=O)NC2=NCCC(=O)N2)ccc1Nc1cccc(OCC2CCOCC2)c1. The largest absolute Gasteiger partial charge is 0.493 e. The molecule has 3 N–H and O–H groups in total. The third-order valence-electron chi connectivity index (χ3n) is 5.97. The zero-order valence-corrected chi connectivity index (χ0v) is 19.7. The molecule has 0 aromatic heterocycles. The van der Waals surface area contributed by atoms with Gasteiger partial charge in [-0.1, -0.05) is 19.9 Å². The number of nitrogens with one attached hydrogen (secondary N) is 3. The zero-order valence-electron chi connectivity index (χ0n) is 19.7. The smallest absolute Gasteiger partial charge is 0.257 e. The molecule has 0 radical (unpaired) electrons. The zero-order chi connectivity index (χ0) is 23.9. The first-order valence-electron chi connectivity index (χ1n) is 11.8. The first kappa shape index (κ1) is 23.8. The molecular weight excluding hydrogens is 432 g/mol. The quantitative estimate of drug-likeness (QED) is 0.576. The number of nitrogens with zero attached hydrogens (tertiary/aromatic N) is 1. The van der Waals surface area contributed by atoms with Gasteiger partial charge in [-0.15, -0.1) is 0 Å². The topological polar surface area (TPSA) is 101 Å². The number of ether oxygens (including phenoxy) is 2. The molecule has 0 aliphatic carbocycles. The van der Waals surface area contributed by atoms with Crippen LogP contribution in [0.5, 0.6) is 5.75 Å². The lowest BCUT2D eigenvalue weighted by atomic mass is 9.98. The maximum atomic E-state index is 12.7. The fourth-order valence-electron chi connectivity index (χ4n) is 4.00. The van der Waals surface area contributed by atoms with Gasteiger partial charge in [-0.3, -0.25) is 25.2 Å². The molecule has 0 saturated carbocycles. The van der Waals surface area contributed by atoms with E-state index in [1.54, 1.807) is 6.07 Å². The van der Waals surface area contributed by atoms with Crippen LogP contribution in [0.25, 0.3) is 0 Å². The number of hydrogen-bond donors (Lipinski definition) is 3. The lowest BCUT2D eigenvalue weighted by Crippen LogP contribution is -2.46. The van der Waals surface area contributed by atoms with Crippen LogP contribution in [0.3, 0.4) is 0 Å². The molecule has 180 valence electrons. The molecule has 0 bridgehead atoms. The van der Waals surface area contributed by atoms with E-state index in [0.717, 1.165) is 48.7 Å². The molecule has 1 fully saturated rings. The molecule has 1 saturated heterocycles. The number of benzene rings is 2. The molecule has 0 unspecified atom stereocenters. The molecule has 2 aromatic carbocycles. The Morgan fingerprint density at radius 3 is 2.79 bits per heavy atom. The van der Waals surface area contributed by atoms with Gasteiger partial charge in [-0.05, 0) is 60.6 Å². The summed E-state index contributed by atoms with van der Waals surface area (Å²) in [5, 5.41) is 8.74. The van der Waals surface area contributed by atoms with E-state index < -0.39 is 0 Å². The fourth-order valence-corrected chi connectivity index (χ4v) is 4.00. The van der Waals surface area contributed by atoms with Crippen molar-refractivity contribution in [2.24, 2.45) is 10.9 Å². The third-order valence-corrected chi connectivity index (χ3v) is 5.97. The van der Waals surface area contributed by atoms with E-state index in [1.165, 1.54) is 0 Å². The van der Waals surface area contributed by atoms with Crippen molar-refractivity contribution in [3.8, 4) is 5.75 Å². The van der Waals surface area contributed by atoms with Crippen LogP contribution in [0, 0.1) is 5.92 Å². The van der Waals surface area contributed by atoms with Crippen molar-refractivity contribution in [2.75, 3.05) is 31.7 Å². The van der Waals surface area contributed by atoms with Crippen molar-refractivity contribution in [1.82, 2.24) is 10.6 Å². The Bertz CT molecular complexity index is 1060. The maximum absolute atomic E-state index is 12.7. The van der Waals surface area contributed by atoms with E-state index in [-0.39, 0.29) is 23.7 Å². The van der Waals surface area contributed by atoms with E-state index in [4.69, 9.17) is 9.47 Å². The number of carbonyl (C=O) groups is 2. The molecule has 0 spiro atoms. The van der Waals surface area contributed by atoms with Crippen molar-refractivity contribution >= 4 is 29.1 Å². The van der Waals surface area contributed by atoms with E-state index in [2.05, 4.69) is 34.8 Å². The molecule has 2 aliphatic rings. The van der Waals surface area contributed by atoms with Gasteiger partial charge in [-0.2, -0.15) is 0 Å². The molecule has 2 aromatic rings. The van der Waals surface area contributed by atoms with E-state index in [1.807, 2.05) is 36.4 Å². The van der Waals surface area contributed by atoms with E-state index in [9.17, 15) is 9.59 Å². The summed E-state index contributed by atoms with van der Waals surface area (Å²) in [7, 11) is 0. The fraction of sp³-hybridized carbons (Fsp3) is 0.423. The lowest BCUT2D eigenvalue weighted by Gasteiger charge is -2.22. The Labute approximate surface area is 200 Å². The summed E-state index contributed by atoms with van der Waals surface area (Å²) in [6, 6.07) is 13.5. The van der Waals surface area contributed by atoms with Crippen LogP contribution in [-0.4, -0.2) is 44.1 Å². The van der Waals surface area contributed by atoms with Gasteiger partial charge in [0.15, 0.2) is 0 Å². The minimum atomic E-state index is -0.307. The Hall–Kier alpha value is -3.39. The monoisotopic (exact) mass is 464 g/mol. The molecule has 8 heteroatoms. The summed E-state index contributed by atoms with van der Waals surface area (Å²) >= 11 is 0. The average Bonchev–Trinajstić information content (AvgIpc) is 2.84. The Morgan fingerprint density at radius 2 is 2.03 bits per heavy atom. The number of amides is 2. The predicted octanol–water partition coefficient (Wildman–Crippen LogP) is 3.96. The number of anilines is 2. The molecule has 0 atom stereocenters. The van der Waals surface area contributed by atoms with Crippen LogP contribution in [-0.2, 0) is 9.53 Å².